The first-order valence-corrected chi connectivity index (χ1v) is 10.2. The van der Waals surface area contributed by atoms with E-state index in [0.29, 0.717) is 0 Å². The number of morpholine rings is 1. The quantitative estimate of drug-likeness (QED) is 0.739. The van der Waals surface area contributed by atoms with Crippen LogP contribution < -0.4 is 14.7 Å². The van der Waals surface area contributed by atoms with Crippen LogP contribution in [0.15, 0.2) is 0 Å². The van der Waals surface area contributed by atoms with Gasteiger partial charge < -0.3 is 19.4 Å². The smallest absolute Gasteiger partial charge is 0.187 e. The molecule has 7 heteroatoms. The second-order valence-corrected chi connectivity index (χ2v) is 8.61. The van der Waals surface area contributed by atoms with E-state index in [1.165, 1.54) is 39.6 Å². The highest BCUT2D eigenvalue weighted by atomic mass is 32.1. The fourth-order valence-electron chi connectivity index (χ4n) is 3.74. The Labute approximate surface area is 153 Å². The molecule has 0 aliphatic carbocycles. The van der Waals surface area contributed by atoms with Gasteiger partial charge >= 0.3 is 0 Å². The highest BCUT2D eigenvalue weighted by molar-refractivity contribution is 7.18. The van der Waals surface area contributed by atoms with Gasteiger partial charge in [0.25, 0.3) is 0 Å². The zero-order valence-corrected chi connectivity index (χ0v) is 16.3. The lowest BCUT2D eigenvalue weighted by Gasteiger charge is -2.31. The molecule has 2 aromatic heterocycles. The summed E-state index contributed by atoms with van der Waals surface area (Å²) in [5.41, 5.74) is 1.35. The minimum atomic E-state index is 0.850. The maximum atomic E-state index is 5.49. The molecule has 2 saturated heterocycles. The first-order valence-electron chi connectivity index (χ1n) is 9.36. The first kappa shape index (κ1) is 17.1. The molecule has 0 spiro atoms. The Kier molecular flexibility index (Phi) is 4.90. The third-order valence-corrected chi connectivity index (χ3v) is 6.68. The second-order valence-electron chi connectivity index (χ2n) is 7.41. The number of aromatic nitrogens is 2. The van der Waals surface area contributed by atoms with Gasteiger partial charge in [-0.05, 0) is 19.4 Å². The van der Waals surface area contributed by atoms with E-state index in [1.54, 1.807) is 4.90 Å². The minimum absolute atomic E-state index is 0.850. The van der Waals surface area contributed by atoms with Crippen LogP contribution in [0.2, 0.25) is 0 Å². The Morgan fingerprint density at radius 2 is 1.80 bits per heavy atom. The molecule has 0 bridgehead atoms. The van der Waals surface area contributed by atoms with E-state index in [-0.39, 0.29) is 0 Å². The van der Waals surface area contributed by atoms with Gasteiger partial charge in [0.15, 0.2) is 5.82 Å². The lowest BCUT2D eigenvalue weighted by Crippen LogP contribution is -3.12. The standard InChI is InChI=1S/C18H27N5OS/c1-13-14(2)25-18-16(13)17(23-6-4-21(3)5-7-23)19-15(20-18)12-22-8-10-24-11-9-22/h4-12H2,1-3H3/p+2. The van der Waals surface area contributed by atoms with Gasteiger partial charge in [0.1, 0.15) is 30.3 Å². The molecule has 0 unspecified atom stereocenters. The van der Waals surface area contributed by atoms with Crippen LogP contribution in [0.5, 0.6) is 0 Å². The molecule has 0 radical (unpaired) electrons. The summed E-state index contributed by atoms with van der Waals surface area (Å²) in [6, 6.07) is 0. The van der Waals surface area contributed by atoms with Gasteiger partial charge in [-0.1, -0.05) is 0 Å². The predicted octanol–water partition coefficient (Wildman–Crippen LogP) is -0.942. The largest absolute Gasteiger partial charge is 0.370 e. The van der Waals surface area contributed by atoms with Crippen molar-refractivity contribution in [2.45, 2.75) is 20.4 Å². The molecule has 2 N–H and O–H groups in total. The number of anilines is 1. The van der Waals surface area contributed by atoms with E-state index in [0.717, 1.165) is 56.6 Å². The summed E-state index contributed by atoms with van der Waals surface area (Å²) in [4.78, 5) is 18.1. The van der Waals surface area contributed by atoms with Gasteiger partial charge in [0.2, 0.25) is 0 Å². The Morgan fingerprint density at radius 1 is 1.08 bits per heavy atom. The summed E-state index contributed by atoms with van der Waals surface area (Å²) < 4.78 is 5.49. The average molecular weight is 364 g/mol. The molecule has 2 aromatic rings. The lowest BCUT2D eigenvalue weighted by atomic mass is 10.2. The summed E-state index contributed by atoms with van der Waals surface area (Å²) in [5.74, 6) is 2.16. The maximum Gasteiger partial charge on any atom is 0.187 e. The van der Waals surface area contributed by atoms with Crippen molar-refractivity contribution in [2.24, 2.45) is 0 Å². The fourth-order valence-corrected chi connectivity index (χ4v) is 4.78. The lowest BCUT2D eigenvalue weighted by molar-refractivity contribution is -0.922. The number of hydrogen-bond donors (Lipinski definition) is 2. The van der Waals surface area contributed by atoms with Gasteiger partial charge in [0, 0.05) is 4.88 Å². The Bertz CT molecular complexity index is 747. The van der Waals surface area contributed by atoms with E-state index in [4.69, 9.17) is 14.7 Å². The fraction of sp³-hybridized carbons (Fsp3) is 0.667. The van der Waals surface area contributed by atoms with Crippen molar-refractivity contribution >= 4 is 27.4 Å². The zero-order chi connectivity index (χ0) is 17.4. The normalized spacial score (nSPS) is 20.5. The first-order chi connectivity index (χ1) is 12.1. The summed E-state index contributed by atoms with van der Waals surface area (Å²) >= 11 is 1.82. The number of quaternary nitrogens is 2. The van der Waals surface area contributed by atoms with Crippen molar-refractivity contribution in [3.05, 3.63) is 16.3 Å². The molecule has 2 aliphatic heterocycles. The number of aryl methyl sites for hydroxylation is 2. The molecule has 4 rings (SSSR count). The molecule has 2 fully saturated rings. The number of rotatable bonds is 3. The highest BCUT2D eigenvalue weighted by Crippen LogP contribution is 2.34. The van der Waals surface area contributed by atoms with Crippen LogP contribution in [0.3, 0.4) is 0 Å². The van der Waals surface area contributed by atoms with Gasteiger partial charge in [-0.3, -0.25) is 0 Å². The van der Waals surface area contributed by atoms with Crippen LogP contribution >= 0.6 is 11.3 Å². The third-order valence-electron chi connectivity index (χ3n) is 5.58. The van der Waals surface area contributed by atoms with Crippen LogP contribution in [0, 0.1) is 13.8 Å². The van der Waals surface area contributed by atoms with Crippen LogP contribution in [-0.4, -0.2) is 69.5 Å². The number of nitrogens with one attached hydrogen (secondary N) is 2. The van der Waals surface area contributed by atoms with Crippen molar-refractivity contribution in [3.63, 3.8) is 0 Å². The molecule has 25 heavy (non-hydrogen) atoms. The van der Waals surface area contributed by atoms with Crippen molar-refractivity contribution in [3.8, 4) is 0 Å². The van der Waals surface area contributed by atoms with E-state index in [2.05, 4.69) is 25.8 Å². The van der Waals surface area contributed by atoms with Crippen LogP contribution in [0.1, 0.15) is 16.3 Å². The summed E-state index contributed by atoms with van der Waals surface area (Å²) in [7, 11) is 2.28. The molecular weight excluding hydrogens is 334 g/mol. The Hall–Kier alpha value is -1.28. The van der Waals surface area contributed by atoms with Crippen LogP contribution in [0.25, 0.3) is 10.2 Å². The maximum absolute atomic E-state index is 5.49. The number of thiophene rings is 1. The SMILES string of the molecule is Cc1sc2nc(C[NH+]3CCOCC3)nc(N3CC[NH+](C)CC3)c2c1C. The topological polar surface area (TPSA) is 47.1 Å². The number of likely N-dealkylation sites (N-methyl/N-ethyl adjacent to an activating group) is 1. The molecule has 0 amide bonds. The highest BCUT2D eigenvalue weighted by Gasteiger charge is 2.25. The third kappa shape index (κ3) is 3.51. The number of ether oxygens (including phenoxy) is 1. The number of fused-ring (bicyclic) bond motifs is 1. The van der Waals surface area contributed by atoms with Gasteiger partial charge in [0.05, 0.1) is 51.8 Å². The average Bonchev–Trinajstić information content (AvgIpc) is 2.90. The monoisotopic (exact) mass is 363 g/mol. The van der Waals surface area contributed by atoms with Gasteiger partial charge in [-0.15, -0.1) is 11.3 Å². The Balaban J connectivity index is 1.70. The van der Waals surface area contributed by atoms with E-state index in [1.807, 2.05) is 11.3 Å². The van der Waals surface area contributed by atoms with E-state index < -0.39 is 0 Å². The Morgan fingerprint density at radius 3 is 2.52 bits per heavy atom. The van der Waals surface area contributed by atoms with Crippen LogP contribution in [-0.2, 0) is 11.3 Å². The summed E-state index contributed by atoms with van der Waals surface area (Å²) in [6.07, 6.45) is 0. The second kappa shape index (κ2) is 7.15. The van der Waals surface area contributed by atoms with Crippen molar-refractivity contribution in [1.82, 2.24) is 9.97 Å². The van der Waals surface area contributed by atoms with Crippen molar-refractivity contribution in [2.75, 3.05) is 64.4 Å². The van der Waals surface area contributed by atoms with Gasteiger partial charge in [-0.25, -0.2) is 9.97 Å². The number of nitrogens with zero attached hydrogens (tertiary/aromatic N) is 3. The molecule has 6 nitrogen and oxygen atoms in total. The van der Waals surface area contributed by atoms with E-state index >= 15 is 0 Å². The summed E-state index contributed by atoms with van der Waals surface area (Å²) in [5, 5.41) is 1.28. The molecule has 0 atom stereocenters. The molecule has 0 saturated carbocycles. The van der Waals surface area contributed by atoms with Crippen molar-refractivity contribution in [1.29, 1.82) is 0 Å². The number of piperazine rings is 1. The van der Waals surface area contributed by atoms with Gasteiger partial charge in [-0.2, -0.15) is 0 Å². The molecule has 0 aromatic carbocycles. The number of hydrogen-bond acceptors (Lipinski definition) is 5. The molecule has 136 valence electrons. The van der Waals surface area contributed by atoms with Crippen molar-refractivity contribution < 1.29 is 14.5 Å². The minimum Gasteiger partial charge on any atom is -0.370 e. The van der Waals surface area contributed by atoms with E-state index in [9.17, 15) is 0 Å². The molecule has 2 aliphatic rings. The van der Waals surface area contributed by atoms with Crippen LogP contribution in [0.4, 0.5) is 5.82 Å². The summed E-state index contributed by atoms with van der Waals surface area (Å²) in [6.45, 7) is 13.6. The molecule has 4 heterocycles. The zero-order valence-electron chi connectivity index (χ0n) is 15.5. The predicted molar refractivity (Wildman–Crippen MR) is 101 cm³/mol. The molecular formula is C18H29N5OS+2.